The van der Waals surface area contributed by atoms with E-state index in [0.29, 0.717) is 6.42 Å². The number of carbonyl (C=O) groups is 1. The Kier molecular flexibility index (Phi) is 19.4. The number of rotatable bonds is 21. The normalized spacial score (nSPS) is 39.6. The third-order valence-corrected chi connectivity index (χ3v) is 9.75. The third-order valence-electron chi connectivity index (χ3n) is 9.75. The van der Waals surface area contributed by atoms with Gasteiger partial charge in [-0.15, -0.1) is 0 Å². The molecule has 12 N–H and O–H groups in total. The maximum absolute atomic E-state index is 12.2. The number of nitrogens with one attached hydrogen (secondary N) is 1. The second-order valence-electron chi connectivity index (χ2n) is 13.7. The highest BCUT2D eigenvalue weighted by atomic mass is 16.8. The first-order valence-electron chi connectivity index (χ1n) is 18.3. The molecule has 0 aromatic rings. The predicted octanol–water partition coefficient (Wildman–Crippen LogP) is -4.15. The number of aliphatic hydroxyl groups is 11. The molecule has 3 fully saturated rings. The summed E-state index contributed by atoms with van der Waals surface area (Å²) >= 11 is 0. The molecule has 0 spiro atoms. The van der Waals surface area contributed by atoms with E-state index < -0.39 is 124 Å². The second-order valence-corrected chi connectivity index (χ2v) is 13.7. The molecule has 0 aromatic heterocycles. The highest BCUT2D eigenvalue weighted by Crippen LogP contribution is 2.32. The van der Waals surface area contributed by atoms with Crippen molar-refractivity contribution in [2.75, 3.05) is 26.4 Å². The van der Waals surface area contributed by atoms with E-state index in [0.717, 1.165) is 38.5 Å². The lowest BCUT2D eigenvalue weighted by atomic mass is 9.96. The first-order chi connectivity index (χ1) is 24.8. The molecule has 0 aliphatic carbocycles. The highest BCUT2D eigenvalue weighted by Gasteiger charge is 2.53. The first-order valence-corrected chi connectivity index (χ1v) is 18.3. The molecule has 0 aromatic carbocycles. The monoisotopic (exact) mass is 759 g/mol. The lowest BCUT2D eigenvalue weighted by Crippen LogP contribution is -2.66. The number of unbranched alkanes of at least 4 members (excludes halogenated alkanes) is 6. The number of hydrogen-bond acceptors (Lipinski definition) is 18. The van der Waals surface area contributed by atoms with Crippen molar-refractivity contribution in [2.24, 2.45) is 0 Å². The van der Waals surface area contributed by atoms with Gasteiger partial charge in [-0.3, -0.25) is 4.79 Å². The Morgan fingerprint density at radius 3 is 1.60 bits per heavy atom. The Labute approximate surface area is 303 Å². The average molecular weight is 760 g/mol. The van der Waals surface area contributed by atoms with Crippen LogP contribution in [0.3, 0.4) is 0 Å². The van der Waals surface area contributed by atoms with Crippen LogP contribution < -0.4 is 5.32 Å². The van der Waals surface area contributed by atoms with Gasteiger partial charge in [-0.2, -0.15) is 0 Å². The van der Waals surface area contributed by atoms with Gasteiger partial charge >= 0.3 is 0 Å². The molecule has 306 valence electrons. The molecule has 0 radical (unpaired) electrons. The zero-order chi connectivity index (χ0) is 38.5. The van der Waals surface area contributed by atoms with Crippen LogP contribution >= 0.6 is 0 Å². The molecule has 17 unspecified atom stereocenters. The maximum Gasteiger partial charge on any atom is 0.220 e. The van der Waals surface area contributed by atoms with Crippen LogP contribution in [0, 0.1) is 0 Å². The zero-order valence-electron chi connectivity index (χ0n) is 29.8. The third kappa shape index (κ3) is 11.9. The van der Waals surface area contributed by atoms with Gasteiger partial charge in [-0.25, -0.2) is 0 Å². The Hall–Kier alpha value is -1.21. The summed E-state index contributed by atoms with van der Waals surface area (Å²) in [7, 11) is 0. The second kappa shape index (κ2) is 22.4. The molecule has 3 aliphatic rings. The summed E-state index contributed by atoms with van der Waals surface area (Å²) in [6.07, 6.45) is -18.6. The van der Waals surface area contributed by atoms with Crippen molar-refractivity contribution in [1.29, 1.82) is 0 Å². The van der Waals surface area contributed by atoms with Crippen molar-refractivity contribution in [3.63, 3.8) is 0 Å². The highest BCUT2D eigenvalue weighted by molar-refractivity contribution is 5.75. The van der Waals surface area contributed by atoms with E-state index in [1.54, 1.807) is 6.92 Å². The quantitative estimate of drug-likeness (QED) is 0.0494. The van der Waals surface area contributed by atoms with Crippen LogP contribution in [0.15, 0.2) is 0 Å². The van der Waals surface area contributed by atoms with Crippen molar-refractivity contribution in [2.45, 2.75) is 176 Å². The molecule has 0 bridgehead atoms. The van der Waals surface area contributed by atoms with Gasteiger partial charge in [0.05, 0.1) is 38.6 Å². The van der Waals surface area contributed by atoms with Crippen molar-refractivity contribution in [1.82, 2.24) is 5.32 Å². The molecule has 0 saturated carbocycles. The number of carbonyl (C=O) groups excluding carboxylic acids is 1. The average Bonchev–Trinajstić information content (AvgIpc) is 3.14. The summed E-state index contributed by atoms with van der Waals surface area (Å²) in [5.41, 5.74) is 0. The molecule has 19 heteroatoms. The number of ether oxygens (including phenoxy) is 6. The van der Waals surface area contributed by atoms with E-state index in [9.17, 15) is 61.0 Å². The van der Waals surface area contributed by atoms with Gasteiger partial charge in [0.15, 0.2) is 18.9 Å². The van der Waals surface area contributed by atoms with Crippen molar-refractivity contribution >= 4 is 5.91 Å². The Morgan fingerprint density at radius 2 is 1.08 bits per heavy atom. The molecular formula is C33H61NO18. The van der Waals surface area contributed by atoms with E-state index >= 15 is 0 Å². The van der Waals surface area contributed by atoms with Crippen LogP contribution in [0.25, 0.3) is 0 Å². The Bertz CT molecular complexity index is 1010. The van der Waals surface area contributed by atoms with Gasteiger partial charge in [0.2, 0.25) is 5.91 Å². The predicted molar refractivity (Wildman–Crippen MR) is 176 cm³/mol. The molecule has 19 nitrogen and oxygen atoms in total. The van der Waals surface area contributed by atoms with E-state index in [1.807, 2.05) is 0 Å². The van der Waals surface area contributed by atoms with Crippen LogP contribution in [0.2, 0.25) is 0 Å². The first kappa shape index (κ1) is 45.2. The minimum Gasteiger partial charge on any atom is -0.394 e. The summed E-state index contributed by atoms with van der Waals surface area (Å²) in [6, 6.07) is -0.872. The Balaban J connectivity index is 1.61. The van der Waals surface area contributed by atoms with E-state index in [1.165, 1.54) is 6.42 Å². The smallest absolute Gasteiger partial charge is 0.220 e. The zero-order valence-corrected chi connectivity index (χ0v) is 29.8. The number of amides is 1. The summed E-state index contributed by atoms with van der Waals surface area (Å²) < 4.78 is 33.5. The van der Waals surface area contributed by atoms with Crippen molar-refractivity contribution in [3.05, 3.63) is 0 Å². The molecule has 52 heavy (non-hydrogen) atoms. The molecule has 3 saturated heterocycles. The van der Waals surface area contributed by atoms with Crippen molar-refractivity contribution < 1.29 is 89.4 Å². The van der Waals surface area contributed by atoms with Crippen LogP contribution in [0.5, 0.6) is 0 Å². The summed E-state index contributed by atoms with van der Waals surface area (Å²) in [4.78, 5) is 12.2. The van der Waals surface area contributed by atoms with Gasteiger partial charge in [-0.1, -0.05) is 58.8 Å². The fraction of sp³-hybridized carbons (Fsp3) is 0.970. The van der Waals surface area contributed by atoms with Gasteiger partial charge in [0.25, 0.3) is 0 Å². The van der Waals surface area contributed by atoms with Gasteiger partial charge in [0.1, 0.15) is 73.2 Å². The van der Waals surface area contributed by atoms with E-state index in [2.05, 4.69) is 12.2 Å². The largest absolute Gasteiger partial charge is 0.394 e. The van der Waals surface area contributed by atoms with Crippen LogP contribution in [-0.4, -0.2) is 193 Å². The lowest BCUT2D eigenvalue weighted by Gasteiger charge is -2.48. The fourth-order valence-electron chi connectivity index (χ4n) is 6.45. The molecule has 17 atom stereocenters. The summed E-state index contributed by atoms with van der Waals surface area (Å²) in [5, 5.41) is 117. The minimum atomic E-state index is -1.96. The topological polar surface area (TPSA) is 307 Å². The number of aliphatic hydroxyl groups excluding tert-OH is 11. The van der Waals surface area contributed by atoms with Gasteiger partial charge in [-0.05, 0) is 6.42 Å². The standard InChI is InChI=1S/C33H61NO18/c1-3-5-6-7-8-9-10-11-17(38)16(34-21(39)4-2)15-47-31-27(45)24(42)29(19(13-36)49-31)52-33-28(46)25(43)30(20(14-37)50-33)51-32-26(44)23(41)22(40)18(12-35)48-32/h16-20,22-33,35-38,40-46H,3-15H2,1-2H3,(H,34,39). The van der Waals surface area contributed by atoms with E-state index in [4.69, 9.17) is 28.4 Å². The lowest BCUT2D eigenvalue weighted by molar-refractivity contribution is -0.379. The van der Waals surface area contributed by atoms with Crippen LogP contribution in [0.1, 0.15) is 71.6 Å². The van der Waals surface area contributed by atoms with Gasteiger partial charge < -0.3 is 89.9 Å². The fourth-order valence-corrected chi connectivity index (χ4v) is 6.45. The molecule has 3 aliphatic heterocycles. The van der Waals surface area contributed by atoms with Gasteiger partial charge in [0, 0.05) is 6.42 Å². The maximum atomic E-state index is 12.2. The SMILES string of the molecule is CCCCCCCCCC(O)C(COC1OC(CO)C(OC2OC(CO)C(OC3OC(CO)C(O)C(O)C3O)C(O)C2O)C(O)C1O)NC(=O)CC. The van der Waals surface area contributed by atoms with Crippen LogP contribution in [0.4, 0.5) is 0 Å². The molecule has 3 heterocycles. The van der Waals surface area contributed by atoms with E-state index in [-0.39, 0.29) is 18.9 Å². The molecule has 3 rings (SSSR count). The molecular weight excluding hydrogens is 698 g/mol. The summed E-state index contributed by atoms with van der Waals surface area (Å²) in [5.74, 6) is -0.339. The minimum absolute atomic E-state index is 0.148. The number of hydrogen-bond donors (Lipinski definition) is 12. The van der Waals surface area contributed by atoms with Crippen molar-refractivity contribution in [3.8, 4) is 0 Å². The Morgan fingerprint density at radius 1 is 0.615 bits per heavy atom. The molecule has 1 amide bonds. The summed E-state index contributed by atoms with van der Waals surface area (Å²) in [6.45, 7) is 1.08. The van der Waals surface area contributed by atoms with Crippen LogP contribution in [-0.2, 0) is 33.2 Å².